The SMILES string of the molecule is Cc1ncsc1-c1ccc([C@H](CC(=O)NNC(=O)c2ccc3c(c2)CCC3)NC[C@@H]2C[C@@H](O)CN2C(=O)[C@@H](NC(=O)C2(F)CC2)C(C)(C)C)cc1. The number of carbonyl (C=O) groups is 4. The van der Waals surface area contributed by atoms with Gasteiger partial charge in [0.2, 0.25) is 11.8 Å². The lowest BCUT2D eigenvalue weighted by Crippen LogP contribution is -2.58. The number of aliphatic hydroxyl groups is 1. The third-order valence-corrected chi connectivity index (χ3v) is 11.1. The molecule has 13 heteroatoms. The average molecular weight is 719 g/mol. The van der Waals surface area contributed by atoms with Crippen LogP contribution in [0.2, 0.25) is 0 Å². The van der Waals surface area contributed by atoms with Gasteiger partial charge in [0.25, 0.3) is 11.8 Å². The van der Waals surface area contributed by atoms with E-state index in [1.807, 2.05) is 64.1 Å². The minimum Gasteiger partial charge on any atom is -0.391 e. The fourth-order valence-corrected chi connectivity index (χ4v) is 7.76. The number of likely N-dealkylation sites (tertiary alicyclic amines) is 1. The number of aryl methyl sites for hydroxylation is 3. The van der Waals surface area contributed by atoms with Crippen molar-refractivity contribution in [1.29, 1.82) is 0 Å². The van der Waals surface area contributed by atoms with Crippen molar-refractivity contribution in [2.24, 2.45) is 5.41 Å². The molecular formula is C38H47FN6O5S. The topological polar surface area (TPSA) is 153 Å². The third kappa shape index (κ3) is 8.48. The van der Waals surface area contributed by atoms with Gasteiger partial charge in [0, 0.05) is 37.2 Å². The predicted molar refractivity (Wildman–Crippen MR) is 192 cm³/mol. The summed E-state index contributed by atoms with van der Waals surface area (Å²) in [5, 5.41) is 16.8. The third-order valence-electron chi connectivity index (χ3n) is 10.1. The van der Waals surface area contributed by atoms with Gasteiger partial charge in [0.1, 0.15) is 6.04 Å². The molecule has 2 fully saturated rings. The van der Waals surface area contributed by atoms with Crippen LogP contribution < -0.4 is 21.5 Å². The molecular weight excluding hydrogens is 672 g/mol. The largest absolute Gasteiger partial charge is 0.391 e. The van der Waals surface area contributed by atoms with E-state index in [0.29, 0.717) is 5.56 Å². The molecule has 2 heterocycles. The van der Waals surface area contributed by atoms with Crippen LogP contribution in [0.3, 0.4) is 0 Å². The predicted octanol–water partition coefficient (Wildman–Crippen LogP) is 4.08. The Kier molecular flexibility index (Phi) is 10.6. The van der Waals surface area contributed by atoms with Gasteiger partial charge in [-0.1, -0.05) is 51.1 Å². The molecule has 11 nitrogen and oxygen atoms in total. The lowest BCUT2D eigenvalue weighted by molar-refractivity contribution is -0.142. The summed E-state index contributed by atoms with van der Waals surface area (Å²) < 4.78 is 14.6. The lowest BCUT2D eigenvalue weighted by Gasteiger charge is -2.36. The van der Waals surface area contributed by atoms with Crippen LogP contribution in [0.15, 0.2) is 48.0 Å². The smallest absolute Gasteiger partial charge is 0.269 e. The molecule has 6 rings (SSSR count). The summed E-state index contributed by atoms with van der Waals surface area (Å²) in [5.74, 6) is -1.99. The van der Waals surface area contributed by atoms with Crippen molar-refractivity contribution in [2.75, 3.05) is 13.1 Å². The van der Waals surface area contributed by atoms with Crippen LogP contribution in [0, 0.1) is 12.3 Å². The summed E-state index contributed by atoms with van der Waals surface area (Å²) in [5.41, 5.74) is 9.87. The number of fused-ring (bicyclic) bond motifs is 1. The minimum absolute atomic E-state index is 0.0358. The van der Waals surface area contributed by atoms with Crippen molar-refractivity contribution in [3.05, 3.63) is 75.9 Å². The number of aliphatic hydroxyl groups excluding tert-OH is 1. The highest BCUT2D eigenvalue weighted by Crippen LogP contribution is 2.40. The molecule has 51 heavy (non-hydrogen) atoms. The zero-order valence-corrected chi connectivity index (χ0v) is 30.4. The number of nitrogens with zero attached hydrogens (tertiary/aromatic N) is 2. The first-order chi connectivity index (χ1) is 24.2. The monoisotopic (exact) mass is 718 g/mol. The van der Waals surface area contributed by atoms with Gasteiger partial charge < -0.3 is 20.6 Å². The number of rotatable bonds is 11. The molecule has 3 aliphatic rings. The number of alkyl halides is 1. The Morgan fingerprint density at radius 3 is 2.45 bits per heavy atom. The van der Waals surface area contributed by atoms with E-state index in [2.05, 4.69) is 26.5 Å². The fourth-order valence-electron chi connectivity index (χ4n) is 6.95. The fraction of sp³-hybridized carbons (Fsp3) is 0.500. The molecule has 1 aliphatic heterocycles. The van der Waals surface area contributed by atoms with E-state index in [0.717, 1.165) is 46.5 Å². The summed E-state index contributed by atoms with van der Waals surface area (Å²) in [6, 6.07) is 11.4. The summed E-state index contributed by atoms with van der Waals surface area (Å²) in [6.45, 7) is 7.67. The Morgan fingerprint density at radius 1 is 1.06 bits per heavy atom. The number of aromatic nitrogens is 1. The first-order valence-electron chi connectivity index (χ1n) is 17.6. The number of benzene rings is 2. The number of hydrogen-bond acceptors (Lipinski definition) is 8. The Balaban J connectivity index is 1.16. The number of amides is 4. The molecule has 2 aliphatic carbocycles. The van der Waals surface area contributed by atoms with Crippen LogP contribution in [0.4, 0.5) is 4.39 Å². The van der Waals surface area contributed by atoms with Crippen LogP contribution in [0.5, 0.6) is 0 Å². The lowest BCUT2D eigenvalue weighted by atomic mass is 9.85. The zero-order chi connectivity index (χ0) is 36.5. The maximum atomic E-state index is 14.6. The number of nitrogens with one attached hydrogen (secondary N) is 4. The molecule has 5 N–H and O–H groups in total. The van der Waals surface area contributed by atoms with E-state index >= 15 is 0 Å². The summed E-state index contributed by atoms with van der Waals surface area (Å²) >= 11 is 1.54. The quantitative estimate of drug-likeness (QED) is 0.188. The summed E-state index contributed by atoms with van der Waals surface area (Å²) in [7, 11) is 0. The molecule has 2 aromatic carbocycles. The molecule has 272 valence electrons. The second-order valence-electron chi connectivity index (χ2n) is 15.2. The van der Waals surface area contributed by atoms with E-state index in [4.69, 9.17) is 0 Å². The van der Waals surface area contributed by atoms with E-state index in [1.54, 1.807) is 27.8 Å². The molecule has 4 amide bonds. The molecule has 0 radical (unpaired) electrons. The number of β-amino-alcohol motifs (C(OH)–C–C–N with tert-alkyl or cyclic N) is 1. The van der Waals surface area contributed by atoms with Gasteiger partial charge in [-0.15, -0.1) is 11.3 Å². The standard InChI is InChI=1S/C38H47FN6O5S/c1-22-32(51-21-41-22)25-11-9-24(10-12-25)30(18-31(47)43-44-34(48)27-13-8-23-6-5-7-26(23)16-27)40-19-28-17-29(46)20-45(28)35(49)33(37(2,3)4)42-36(50)38(39)14-15-38/h8-13,16,21,28-30,33,40,46H,5-7,14-15,17-20H2,1-4H3,(H,42,50)(H,43,47)(H,44,48)/t28-,29+,30-,33+/m0/s1. The number of carbonyl (C=O) groups excluding carboxylic acids is 4. The van der Waals surface area contributed by atoms with Gasteiger partial charge in [-0.25, -0.2) is 9.37 Å². The molecule has 0 unspecified atom stereocenters. The van der Waals surface area contributed by atoms with Gasteiger partial charge in [-0.2, -0.15) is 0 Å². The molecule has 4 atom stereocenters. The Hall–Kier alpha value is -4.20. The van der Waals surface area contributed by atoms with Crippen molar-refractivity contribution >= 4 is 35.0 Å². The highest BCUT2D eigenvalue weighted by molar-refractivity contribution is 7.13. The zero-order valence-electron chi connectivity index (χ0n) is 29.6. The first kappa shape index (κ1) is 36.6. The Labute approximate surface area is 301 Å². The van der Waals surface area contributed by atoms with Gasteiger partial charge in [-0.3, -0.25) is 30.0 Å². The number of hydrogen-bond donors (Lipinski definition) is 5. The Morgan fingerprint density at radius 2 is 1.78 bits per heavy atom. The molecule has 0 spiro atoms. The van der Waals surface area contributed by atoms with E-state index in [9.17, 15) is 28.7 Å². The van der Waals surface area contributed by atoms with Gasteiger partial charge in [-0.05, 0) is 85.3 Å². The highest BCUT2D eigenvalue weighted by atomic mass is 32.1. The van der Waals surface area contributed by atoms with Crippen molar-refractivity contribution in [1.82, 2.24) is 31.4 Å². The second-order valence-corrected chi connectivity index (χ2v) is 16.0. The first-order valence-corrected chi connectivity index (χ1v) is 18.5. The molecule has 1 saturated carbocycles. The van der Waals surface area contributed by atoms with E-state index in [1.165, 1.54) is 5.56 Å². The van der Waals surface area contributed by atoms with Crippen LogP contribution in [0.1, 0.15) is 91.7 Å². The molecule has 1 saturated heterocycles. The maximum Gasteiger partial charge on any atom is 0.269 e. The maximum absolute atomic E-state index is 14.6. The molecule has 3 aromatic rings. The van der Waals surface area contributed by atoms with Crippen molar-refractivity contribution in [2.45, 2.75) is 103 Å². The number of halogens is 1. The van der Waals surface area contributed by atoms with Crippen LogP contribution in [-0.4, -0.2) is 75.6 Å². The van der Waals surface area contributed by atoms with Crippen LogP contribution in [0.25, 0.3) is 10.4 Å². The van der Waals surface area contributed by atoms with Gasteiger partial charge >= 0.3 is 0 Å². The van der Waals surface area contributed by atoms with E-state index < -0.39 is 58.9 Å². The van der Waals surface area contributed by atoms with Crippen molar-refractivity contribution in [3.63, 3.8) is 0 Å². The molecule has 0 bridgehead atoms. The van der Waals surface area contributed by atoms with Gasteiger partial charge in [0.05, 0.1) is 22.2 Å². The van der Waals surface area contributed by atoms with E-state index in [-0.39, 0.29) is 38.8 Å². The van der Waals surface area contributed by atoms with Crippen molar-refractivity contribution < 1.29 is 28.7 Å². The number of thiazole rings is 1. The summed E-state index contributed by atoms with van der Waals surface area (Å²) in [6.07, 6.45) is 2.74. The normalized spacial score (nSPS) is 20.3. The van der Waals surface area contributed by atoms with Crippen LogP contribution in [-0.2, 0) is 27.2 Å². The number of hydrazine groups is 1. The van der Waals surface area contributed by atoms with Gasteiger partial charge in [0.15, 0.2) is 5.67 Å². The second kappa shape index (κ2) is 14.8. The summed E-state index contributed by atoms with van der Waals surface area (Å²) in [4.78, 5) is 59.8. The van der Waals surface area contributed by atoms with Crippen LogP contribution >= 0.6 is 11.3 Å². The minimum atomic E-state index is -1.93. The van der Waals surface area contributed by atoms with Crippen molar-refractivity contribution in [3.8, 4) is 10.4 Å². The Bertz CT molecular complexity index is 1790. The molecule has 1 aromatic heterocycles. The highest BCUT2D eigenvalue weighted by Gasteiger charge is 2.53. The average Bonchev–Trinajstić information content (AvgIpc) is 3.40.